The van der Waals surface area contributed by atoms with Gasteiger partial charge in [-0.25, -0.2) is 14.2 Å². The summed E-state index contributed by atoms with van der Waals surface area (Å²) in [5, 5.41) is 31.1. The van der Waals surface area contributed by atoms with Gasteiger partial charge in [-0.15, -0.1) is 0 Å². The van der Waals surface area contributed by atoms with Crippen molar-refractivity contribution in [2.45, 2.75) is 12.6 Å². The van der Waals surface area contributed by atoms with E-state index in [2.05, 4.69) is 20.8 Å². The molecule has 180 valence electrons. The third kappa shape index (κ3) is 5.75. The van der Waals surface area contributed by atoms with Gasteiger partial charge in [-0.05, 0) is 41.5 Å². The number of carbonyl (C=O) groups is 2. The third-order valence-corrected chi connectivity index (χ3v) is 5.67. The molecule has 1 heterocycles. The molecule has 35 heavy (non-hydrogen) atoms. The third-order valence-electron chi connectivity index (χ3n) is 5.14. The molecule has 3 aromatic carbocycles. The highest BCUT2D eigenvalue weighted by molar-refractivity contribution is 6.35. The van der Waals surface area contributed by atoms with E-state index in [4.69, 9.17) is 28.3 Å². The van der Waals surface area contributed by atoms with Crippen LogP contribution in [0.3, 0.4) is 0 Å². The van der Waals surface area contributed by atoms with Crippen molar-refractivity contribution >= 4 is 46.1 Å². The van der Waals surface area contributed by atoms with E-state index in [1.807, 2.05) is 0 Å². The van der Waals surface area contributed by atoms with Crippen LogP contribution >= 0.6 is 23.2 Å². The Morgan fingerprint density at radius 2 is 1.83 bits per heavy atom. The molecule has 4 N–H and O–H groups in total. The first-order valence-electron chi connectivity index (χ1n) is 10.2. The highest BCUT2D eigenvalue weighted by Gasteiger charge is 2.21. The van der Waals surface area contributed by atoms with Gasteiger partial charge < -0.3 is 10.2 Å². The summed E-state index contributed by atoms with van der Waals surface area (Å²) >= 11 is 12.1. The van der Waals surface area contributed by atoms with Crippen molar-refractivity contribution in [3.05, 3.63) is 81.6 Å². The van der Waals surface area contributed by atoms with Crippen LogP contribution in [0.25, 0.3) is 22.2 Å². The number of carboxylic acid groups (broad SMARTS) is 1. The van der Waals surface area contributed by atoms with Gasteiger partial charge in [0, 0.05) is 22.7 Å². The Hall–Kier alpha value is -3.57. The average Bonchev–Trinajstić information content (AvgIpc) is 3.30. The van der Waals surface area contributed by atoms with Crippen LogP contribution in [0.2, 0.25) is 10.0 Å². The van der Waals surface area contributed by atoms with E-state index in [1.165, 1.54) is 35.3 Å². The van der Waals surface area contributed by atoms with Crippen molar-refractivity contribution in [1.82, 2.24) is 25.8 Å². The number of hydrazine groups is 1. The van der Waals surface area contributed by atoms with Crippen LogP contribution in [0.15, 0.2) is 54.6 Å². The van der Waals surface area contributed by atoms with Crippen LogP contribution in [0.4, 0.5) is 4.39 Å². The number of rotatable bonds is 8. The normalized spacial score (nSPS) is 12.1. The number of aliphatic hydroxyl groups excluding tert-OH is 1. The summed E-state index contributed by atoms with van der Waals surface area (Å²) in [6, 6.07) is 13.9. The number of hydrogen-bond acceptors (Lipinski definition) is 6. The number of aromatic amines is 1. The van der Waals surface area contributed by atoms with E-state index in [0.717, 1.165) is 0 Å². The fourth-order valence-electron chi connectivity index (χ4n) is 3.41. The minimum absolute atomic E-state index is 0.0499. The van der Waals surface area contributed by atoms with Crippen molar-refractivity contribution < 1.29 is 24.2 Å². The van der Waals surface area contributed by atoms with Gasteiger partial charge in [0.1, 0.15) is 16.9 Å². The smallest absolute Gasteiger partial charge is 0.333 e. The molecule has 12 heteroatoms. The lowest BCUT2D eigenvalue weighted by atomic mass is 10.0. The van der Waals surface area contributed by atoms with Crippen LogP contribution < -0.4 is 5.43 Å². The summed E-state index contributed by atoms with van der Waals surface area (Å²) in [7, 11) is 0. The van der Waals surface area contributed by atoms with Crippen LogP contribution in [0.5, 0.6) is 0 Å². The minimum Gasteiger partial charge on any atom is -0.479 e. The molecule has 0 aliphatic heterocycles. The number of carboxylic acids is 1. The van der Waals surface area contributed by atoms with Gasteiger partial charge >= 0.3 is 5.97 Å². The first kappa shape index (κ1) is 24.6. The van der Waals surface area contributed by atoms with Gasteiger partial charge in [0.05, 0.1) is 11.6 Å². The second-order valence-corrected chi connectivity index (χ2v) is 8.49. The monoisotopic (exact) mass is 517 g/mol. The number of carbonyl (C=O) groups excluding carboxylic acids is 1. The zero-order chi connectivity index (χ0) is 25.1. The largest absolute Gasteiger partial charge is 0.479 e. The first-order chi connectivity index (χ1) is 16.7. The Balaban J connectivity index is 1.54. The van der Waals surface area contributed by atoms with Crippen molar-refractivity contribution in [2.24, 2.45) is 0 Å². The lowest BCUT2D eigenvalue weighted by Crippen LogP contribution is -2.47. The molecule has 0 aliphatic carbocycles. The standard InChI is InChI=1S/C23H18Cl2FN5O4/c24-15-5-6-18(26)16(9-15)13-3-1-12(2-4-13)10-31(11-20(32)23(34)35)29-22(33)14-7-17(25)21-19(8-14)27-30-28-21/h1-9,20,32H,10-11H2,(H,29,33)(H,34,35)(H,27,28,30)/t20-/m1/s1. The highest BCUT2D eigenvalue weighted by Crippen LogP contribution is 2.26. The van der Waals surface area contributed by atoms with Gasteiger partial charge in [0.25, 0.3) is 5.91 Å². The van der Waals surface area contributed by atoms with Crippen molar-refractivity contribution in [3.63, 3.8) is 0 Å². The second kappa shape index (κ2) is 10.4. The van der Waals surface area contributed by atoms with E-state index in [-0.39, 0.29) is 17.1 Å². The maximum absolute atomic E-state index is 14.2. The molecule has 1 amide bonds. The van der Waals surface area contributed by atoms with E-state index < -0.39 is 30.3 Å². The number of fused-ring (bicyclic) bond motifs is 1. The molecule has 0 aliphatic rings. The molecule has 4 aromatic rings. The van der Waals surface area contributed by atoms with Crippen LogP contribution in [-0.2, 0) is 11.3 Å². The van der Waals surface area contributed by atoms with Gasteiger partial charge in [-0.1, -0.05) is 47.5 Å². The number of hydrogen-bond donors (Lipinski definition) is 4. The van der Waals surface area contributed by atoms with Crippen LogP contribution in [0, 0.1) is 5.82 Å². The zero-order valence-corrected chi connectivity index (χ0v) is 19.4. The summed E-state index contributed by atoms with van der Waals surface area (Å²) in [6.07, 6.45) is -1.75. The van der Waals surface area contributed by atoms with Crippen molar-refractivity contribution in [2.75, 3.05) is 6.54 Å². The van der Waals surface area contributed by atoms with Gasteiger partial charge in [0.2, 0.25) is 0 Å². The molecule has 0 saturated carbocycles. The van der Waals surface area contributed by atoms with Gasteiger partial charge in [-0.3, -0.25) is 10.2 Å². The molecule has 9 nitrogen and oxygen atoms in total. The van der Waals surface area contributed by atoms with E-state index >= 15 is 0 Å². The summed E-state index contributed by atoms with van der Waals surface area (Å²) in [5.74, 6) is -2.46. The maximum atomic E-state index is 14.2. The number of benzene rings is 3. The molecule has 4 rings (SSSR count). The Bertz CT molecular complexity index is 1400. The number of aliphatic hydroxyl groups is 1. The molecule has 0 spiro atoms. The Labute approximate surface area is 208 Å². The van der Waals surface area contributed by atoms with Gasteiger partial charge in [-0.2, -0.15) is 15.4 Å². The Morgan fingerprint density at radius 3 is 2.54 bits per heavy atom. The van der Waals surface area contributed by atoms with E-state index in [1.54, 1.807) is 24.3 Å². The fraction of sp³-hybridized carbons (Fsp3) is 0.130. The number of H-pyrrole nitrogens is 1. The molecular formula is C23H18Cl2FN5O4. The molecule has 0 bridgehead atoms. The summed E-state index contributed by atoms with van der Waals surface area (Å²) in [4.78, 5) is 24.1. The molecule has 1 atom stereocenters. The van der Waals surface area contributed by atoms with Crippen molar-refractivity contribution in [1.29, 1.82) is 0 Å². The molecule has 0 unspecified atom stereocenters. The lowest BCUT2D eigenvalue weighted by molar-refractivity contribution is -0.148. The highest BCUT2D eigenvalue weighted by atomic mass is 35.5. The SMILES string of the molecule is O=C(NN(Cc1ccc(-c2cc(Cl)ccc2F)cc1)C[C@@H](O)C(=O)O)c1cc(Cl)c2n[nH]nc2c1. The number of halogens is 3. The minimum atomic E-state index is -1.75. The Kier molecular flexibility index (Phi) is 7.27. The number of aromatic nitrogens is 3. The predicted octanol–water partition coefficient (Wildman–Crippen LogP) is 3.66. The molecule has 0 fully saturated rings. The number of nitrogens with zero attached hydrogens (tertiary/aromatic N) is 3. The number of nitrogens with one attached hydrogen (secondary N) is 2. The van der Waals surface area contributed by atoms with Crippen LogP contribution in [0.1, 0.15) is 15.9 Å². The quantitative estimate of drug-likeness (QED) is 0.262. The average molecular weight is 518 g/mol. The fourth-order valence-corrected chi connectivity index (χ4v) is 3.84. The number of aliphatic carboxylic acids is 1. The topological polar surface area (TPSA) is 131 Å². The Morgan fingerprint density at radius 1 is 1.09 bits per heavy atom. The molecule has 1 aromatic heterocycles. The lowest BCUT2D eigenvalue weighted by Gasteiger charge is -2.24. The maximum Gasteiger partial charge on any atom is 0.333 e. The summed E-state index contributed by atoms with van der Waals surface area (Å²) in [5.41, 5.74) is 5.12. The predicted molar refractivity (Wildman–Crippen MR) is 127 cm³/mol. The number of amides is 1. The molecule has 0 radical (unpaired) electrons. The van der Waals surface area contributed by atoms with E-state index in [9.17, 15) is 19.1 Å². The molecule has 0 saturated heterocycles. The van der Waals surface area contributed by atoms with Crippen molar-refractivity contribution in [3.8, 4) is 11.1 Å². The summed E-state index contributed by atoms with van der Waals surface area (Å²) < 4.78 is 14.2. The second-order valence-electron chi connectivity index (χ2n) is 7.65. The van der Waals surface area contributed by atoms with Crippen LogP contribution in [-0.4, -0.2) is 55.2 Å². The zero-order valence-electron chi connectivity index (χ0n) is 17.9. The van der Waals surface area contributed by atoms with E-state index in [0.29, 0.717) is 32.7 Å². The summed E-state index contributed by atoms with van der Waals surface area (Å²) in [6.45, 7) is -0.347. The van der Waals surface area contributed by atoms with Gasteiger partial charge in [0.15, 0.2) is 6.10 Å². The molecular weight excluding hydrogens is 500 g/mol. The first-order valence-corrected chi connectivity index (χ1v) is 11.0.